The van der Waals surface area contributed by atoms with Crippen molar-refractivity contribution < 1.29 is 20.1 Å². The van der Waals surface area contributed by atoms with Crippen molar-refractivity contribution in [3.05, 3.63) is 151 Å². The third kappa shape index (κ3) is 18.6. The average molecular weight is 708 g/mol. The quantitative estimate of drug-likeness (QED) is 0.166. The minimum atomic E-state index is -0.167. The van der Waals surface area contributed by atoms with Crippen LogP contribution in [-0.4, -0.2) is 27.7 Å². The Morgan fingerprint density at radius 3 is 2.10 bits per heavy atom. The van der Waals surface area contributed by atoms with Gasteiger partial charge in [-0.25, -0.2) is 6.57 Å². The Balaban J connectivity index is 0.000000515. The predicted molar refractivity (Wildman–Crippen MR) is 163 cm³/mol. The fourth-order valence-corrected chi connectivity index (χ4v) is 2.24. The van der Waals surface area contributed by atoms with Crippen LogP contribution in [0.2, 0.25) is 0 Å². The molecule has 0 saturated heterocycles. The molecule has 0 saturated carbocycles. The summed E-state index contributed by atoms with van der Waals surface area (Å²) in [5.74, 6) is 0. The molecule has 0 fully saturated rings. The molecular weight excluding hydrogens is 675 g/mol. The number of allylic oxidation sites excluding steroid dienone is 2. The fourth-order valence-electron chi connectivity index (χ4n) is 2.24. The van der Waals surface area contributed by atoms with Gasteiger partial charge in [-0.3, -0.25) is 9.67 Å². The molecule has 4 rings (SSSR count). The largest absolute Gasteiger partial charge is 0.811 e. The molecule has 0 aliphatic carbocycles. The van der Waals surface area contributed by atoms with E-state index in [-0.39, 0.29) is 25.6 Å². The summed E-state index contributed by atoms with van der Waals surface area (Å²) in [7, 11) is 0. The first-order chi connectivity index (χ1) is 18.9. The van der Waals surface area contributed by atoms with Gasteiger partial charge in [0.25, 0.3) is 0 Å². The SMILES string of the molecule is N/C=C\C=Nc1[c-]cccc1.[C-]#[N+]C(C)(C)C.[Ir].[N-]=C/C=C\Nc1[c-]cccc1.[c-]1ccccc1-n1cccn1. The number of nitrogens with zero attached hydrogens (tertiary/aromatic N) is 5. The first kappa shape index (κ1) is 35.4. The number of para-hydroxylation sites is 3. The van der Waals surface area contributed by atoms with E-state index in [1.165, 1.54) is 12.3 Å². The zero-order chi connectivity index (χ0) is 28.6. The van der Waals surface area contributed by atoms with E-state index >= 15 is 0 Å². The minimum Gasteiger partial charge on any atom is -0.811 e. The molecule has 8 heteroatoms. The summed E-state index contributed by atoms with van der Waals surface area (Å²) < 4.78 is 1.78. The zero-order valence-corrected chi connectivity index (χ0v) is 25.2. The number of rotatable bonds is 6. The van der Waals surface area contributed by atoms with Crippen LogP contribution in [-0.2, 0) is 20.1 Å². The second-order valence-electron chi connectivity index (χ2n) is 8.32. The molecule has 1 radical (unpaired) electrons. The van der Waals surface area contributed by atoms with Crippen molar-refractivity contribution in [2.45, 2.75) is 26.3 Å². The first-order valence-corrected chi connectivity index (χ1v) is 12.0. The van der Waals surface area contributed by atoms with Gasteiger partial charge in [-0.05, 0) is 35.9 Å². The van der Waals surface area contributed by atoms with Gasteiger partial charge in [-0.1, -0.05) is 11.8 Å². The smallest absolute Gasteiger partial charge is 0.224 e. The molecule has 1 heterocycles. The molecule has 0 aliphatic heterocycles. The van der Waals surface area contributed by atoms with Gasteiger partial charge in [0.2, 0.25) is 5.54 Å². The van der Waals surface area contributed by atoms with Gasteiger partial charge < -0.3 is 21.3 Å². The average Bonchev–Trinajstić information content (AvgIpc) is 3.51. The standard InChI is InChI=1S/C9H7N2.C9H9N2.C9H8N2.C5H9N.Ir/c1-2-5-9(6-3-1)11-8-4-7-10-11;2*10-7-4-8-11-9-5-2-1-3-6-9;1-5(2,3)6-4;/h1-5,7-8H;1-5,7-8H,10H2;1-5,7-8,11H;1-3H3;/q2*-1;-2;;/b;7-4-,11-8?;8-4-;;. The number of aliphatic imine (C=N–C) groups is 1. The monoisotopic (exact) mass is 708 g/mol. The summed E-state index contributed by atoms with van der Waals surface area (Å²) in [6.07, 6.45) is 12.5. The van der Waals surface area contributed by atoms with Crippen molar-refractivity contribution in [3.63, 3.8) is 0 Å². The van der Waals surface area contributed by atoms with Crippen LogP contribution in [0.4, 0.5) is 11.4 Å². The Labute approximate surface area is 251 Å². The zero-order valence-electron chi connectivity index (χ0n) is 22.8. The van der Waals surface area contributed by atoms with Gasteiger partial charge in [0.15, 0.2) is 0 Å². The number of nitrogens with one attached hydrogen (secondary N) is 1. The summed E-state index contributed by atoms with van der Waals surface area (Å²) in [5.41, 5.74) is 7.60. The van der Waals surface area contributed by atoms with Crippen LogP contribution >= 0.6 is 0 Å². The van der Waals surface area contributed by atoms with Crippen LogP contribution in [0.25, 0.3) is 15.9 Å². The van der Waals surface area contributed by atoms with E-state index in [0.29, 0.717) is 0 Å². The molecule has 1 aromatic heterocycles. The van der Waals surface area contributed by atoms with Crippen molar-refractivity contribution >= 4 is 23.8 Å². The van der Waals surface area contributed by atoms with E-state index in [1.807, 2.05) is 106 Å². The Morgan fingerprint density at radius 1 is 0.975 bits per heavy atom. The van der Waals surface area contributed by atoms with Gasteiger partial charge in [0, 0.05) is 59.5 Å². The van der Waals surface area contributed by atoms with Gasteiger partial charge in [0.1, 0.15) is 0 Å². The van der Waals surface area contributed by atoms with E-state index in [2.05, 4.69) is 38.5 Å². The van der Waals surface area contributed by atoms with Crippen LogP contribution in [0.3, 0.4) is 0 Å². The molecule has 0 unspecified atom stereocenters. The Hall–Kier alpha value is -4.57. The van der Waals surface area contributed by atoms with Crippen LogP contribution in [0.1, 0.15) is 20.8 Å². The van der Waals surface area contributed by atoms with Gasteiger partial charge in [-0.2, -0.15) is 84.1 Å². The van der Waals surface area contributed by atoms with Crippen molar-refractivity contribution in [1.29, 1.82) is 0 Å². The summed E-state index contributed by atoms with van der Waals surface area (Å²) in [5, 5.41) is 15.3. The third-order valence-corrected chi connectivity index (χ3v) is 4.01. The molecule has 209 valence electrons. The molecule has 3 aromatic carbocycles. The maximum absolute atomic E-state index is 8.28. The maximum atomic E-state index is 8.28. The van der Waals surface area contributed by atoms with Gasteiger partial charge >= 0.3 is 0 Å². The molecule has 0 atom stereocenters. The van der Waals surface area contributed by atoms with E-state index in [0.717, 1.165) is 23.3 Å². The van der Waals surface area contributed by atoms with Crippen molar-refractivity contribution in [3.8, 4) is 5.69 Å². The Kier molecular flexibility index (Phi) is 19.9. The van der Waals surface area contributed by atoms with Crippen molar-refractivity contribution in [2.24, 2.45) is 10.7 Å². The molecule has 0 amide bonds. The second kappa shape index (κ2) is 22.4. The number of hydrogen-bond donors (Lipinski definition) is 2. The Morgan fingerprint density at radius 2 is 1.62 bits per heavy atom. The maximum Gasteiger partial charge on any atom is 0.224 e. The van der Waals surface area contributed by atoms with E-state index < -0.39 is 0 Å². The topological polar surface area (TPSA) is 94.9 Å². The molecule has 0 bridgehead atoms. The fraction of sp³-hybridized carbons (Fsp3) is 0.125. The molecular formula is C32H33IrN7-4. The van der Waals surface area contributed by atoms with E-state index in [4.69, 9.17) is 17.7 Å². The van der Waals surface area contributed by atoms with Crippen molar-refractivity contribution in [1.82, 2.24) is 9.78 Å². The number of anilines is 1. The molecule has 0 aliphatic rings. The molecule has 0 spiro atoms. The predicted octanol–water partition coefficient (Wildman–Crippen LogP) is 7.09. The normalized spacial score (nSPS) is 10.1. The number of hydrogen-bond acceptors (Lipinski definition) is 4. The second-order valence-corrected chi connectivity index (χ2v) is 8.32. The number of benzene rings is 3. The molecule has 7 nitrogen and oxygen atoms in total. The van der Waals surface area contributed by atoms with Crippen LogP contribution < -0.4 is 11.1 Å². The van der Waals surface area contributed by atoms with Crippen LogP contribution in [0.5, 0.6) is 0 Å². The van der Waals surface area contributed by atoms with Crippen molar-refractivity contribution in [2.75, 3.05) is 5.32 Å². The number of nitrogens with two attached hydrogens (primary N) is 1. The molecule has 3 N–H and O–H groups in total. The van der Waals surface area contributed by atoms with Gasteiger partial charge in [0.05, 0.1) is 0 Å². The number of aromatic nitrogens is 2. The summed E-state index contributed by atoms with van der Waals surface area (Å²) >= 11 is 0. The third-order valence-electron chi connectivity index (χ3n) is 4.01. The van der Waals surface area contributed by atoms with Gasteiger partial charge in [-0.15, -0.1) is 18.2 Å². The first-order valence-electron chi connectivity index (χ1n) is 12.0. The summed E-state index contributed by atoms with van der Waals surface area (Å²) in [4.78, 5) is 7.32. The Bertz CT molecular complexity index is 1270. The van der Waals surface area contributed by atoms with E-state index in [9.17, 15) is 0 Å². The molecule has 40 heavy (non-hydrogen) atoms. The summed E-state index contributed by atoms with van der Waals surface area (Å²) in [6.45, 7) is 12.1. The van der Waals surface area contributed by atoms with Crippen LogP contribution in [0, 0.1) is 24.8 Å². The van der Waals surface area contributed by atoms with Crippen LogP contribution in [0.15, 0.2) is 121 Å². The van der Waals surface area contributed by atoms with E-state index in [1.54, 1.807) is 29.4 Å². The minimum absolute atomic E-state index is 0. The summed E-state index contributed by atoms with van der Waals surface area (Å²) in [6, 6.07) is 33.6. The molecule has 4 aromatic rings.